The molecular weight excluding hydrogens is 286 g/mol. The van der Waals surface area contributed by atoms with Crippen molar-refractivity contribution in [3.05, 3.63) is 42.5 Å². The minimum absolute atomic E-state index is 0.752. The molecular formula is C18H25N5. The van der Waals surface area contributed by atoms with Gasteiger partial charge in [-0.25, -0.2) is 9.97 Å². The first kappa shape index (κ1) is 14.8. The lowest BCUT2D eigenvalue weighted by Gasteiger charge is -2.37. The maximum absolute atomic E-state index is 4.38. The number of aromatic nitrogens is 3. The average molecular weight is 311 g/mol. The van der Waals surface area contributed by atoms with Crippen LogP contribution in [0.4, 0.5) is 0 Å². The lowest BCUT2D eigenvalue weighted by Crippen LogP contribution is -2.46. The van der Waals surface area contributed by atoms with Crippen LogP contribution in [0, 0.1) is 0 Å². The molecule has 1 unspecified atom stereocenters. The van der Waals surface area contributed by atoms with Crippen molar-refractivity contribution in [2.75, 3.05) is 26.2 Å². The molecule has 0 spiro atoms. The molecule has 5 heteroatoms. The van der Waals surface area contributed by atoms with Gasteiger partial charge in [-0.3, -0.25) is 14.4 Å². The molecule has 0 aliphatic carbocycles. The van der Waals surface area contributed by atoms with E-state index in [9.17, 15) is 0 Å². The van der Waals surface area contributed by atoms with E-state index in [1.54, 1.807) is 12.4 Å². The van der Waals surface area contributed by atoms with Gasteiger partial charge >= 0.3 is 0 Å². The second-order valence-electron chi connectivity index (χ2n) is 6.69. The Morgan fingerprint density at radius 3 is 2.65 bits per heavy atom. The summed E-state index contributed by atoms with van der Waals surface area (Å²) in [5.41, 5.74) is 1.28. The summed E-state index contributed by atoms with van der Waals surface area (Å²) in [7, 11) is 0. The normalized spacial score (nSPS) is 23.4. The first-order chi connectivity index (χ1) is 11.4. The van der Waals surface area contributed by atoms with Gasteiger partial charge in [0.2, 0.25) is 5.95 Å². The maximum Gasteiger partial charge on any atom is 0.233 e. The fraction of sp³-hybridized carbons (Fsp3) is 0.556. The van der Waals surface area contributed by atoms with Crippen LogP contribution < -0.4 is 0 Å². The Labute approximate surface area is 138 Å². The highest BCUT2D eigenvalue weighted by Gasteiger charge is 2.27. The Hall–Kier alpha value is -1.72. The predicted octanol–water partition coefficient (Wildman–Crippen LogP) is 2.33. The molecule has 2 aliphatic heterocycles. The van der Waals surface area contributed by atoms with Crippen LogP contribution in [0.15, 0.2) is 36.8 Å². The summed E-state index contributed by atoms with van der Waals surface area (Å²) in [4.78, 5) is 14.1. The van der Waals surface area contributed by atoms with E-state index in [2.05, 4.69) is 42.7 Å². The number of rotatable bonds is 4. The molecule has 2 saturated heterocycles. The van der Waals surface area contributed by atoms with E-state index in [0.29, 0.717) is 0 Å². The van der Waals surface area contributed by atoms with Crippen molar-refractivity contribution in [2.24, 2.45) is 0 Å². The Morgan fingerprint density at radius 1 is 1.00 bits per heavy atom. The molecule has 2 aromatic heterocycles. The highest BCUT2D eigenvalue weighted by atomic mass is 15.3. The summed E-state index contributed by atoms with van der Waals surface area (Å²) in [5.74, 6) is 0.764. The van der Waals surface area contributed by atoms with E-state index in [-0.39, 0.29) is 0 Å². The Balaban J connectivity index is 1.45. The average Bonchev–Trinajstić information content (AvgIpc) is 3.28. The zero-order valence-electron chi connectivity index (χ0n) is 13.6. The molecule has 2 aliphatic rings. The number of piperidine rings is 1. The van der Waals surface area contributed by atoms with Gasteiger partial charge in [0.25, 0.3) is 0 Å². The van der Waals surface area contributed by atoms with Crippen LogP contribution in [-0.4, -0.2) is 56.6 Å². The summed E-state index contributed by atoms with van der Waals surface area (Å²) in [6.45, 7) is 5.97. The van der Waals surface area contributed by atoms with Crippen molar-refractivity contribution in [3.63, 3.8) is 0 Å². The first-order valence-corrected chi connectivity index (χ1v) is 8.80. The molecule has 0 N–H and O–H groups in total. The van der Waals surface area contributed by atoms with Crippen LogP contribution in [0.1, 0.15) is 31.4 Å². The number of likely N-dealkylation sites (tertiary alicyclic amines) is 2. The number of hydrogen-bond acceptors (Lipinski definition) is 4. The van der Waals surface area contributed by atoms with Crippen LogP contribution in [0.25, 0.3) is 5.95 Å². The third-order valence-electron chi connectivity index (χ3n) is 5.12. The van der Waals surface area contributed by atoms with E-state index in [4.69, 9.17) is 0 Å². The molecule has 4 rings (SSSR count). The molecule has 2 fully saturated rings. The minimum Gasteiger partial charge on any atom is -0.299 e. The zero-order valence-corrected chi connectivity index (χ0v) is 13.6. The van der Waals surface area contributed by atoms with Gasteiger partial charge < -0.3 is 0 Å². The summed E-state index contributed by atoms with van der Waals surface area (Å²) < 4.78 is 2.11. The van der Waals surface area contributed by atoms with Gasteiger partial charge in [-0.15, -0.1) is 0 Å². The number of hydrogen-bond donors (Lipinski definition) is 0. The highest BCUT2D eigenvalue weighted by Crippen LogP contribution is 2.22. The topological polar surface area (TPSA) is 37.2 Å². The van der Waals surface area contributed by atoms with Crippen molar-refractivity contribution in [2.45, 2.75) is 38.3 Å². The molecule has 5 nitrogen and oxygen atoms in total. The van der Waals surface area contributed by atoms with Gasteiger partial charge in [0.15, 0.2) is 0 Å². The van der Waals surface area contributed by atoms with Crippen molar-refractivity contribution in [3.8, 4) is 5.95 Å². The molecule has 0 aromatic carbocycles. The Bertz CT molecular complexity index is 617. The Morgan fingerprint density at radius 2 is 1.83 bits per heavy atom. The summed E-state index contributed by atoms with van der Waals surface area (Å²) in [6, 6.07) is 6.89. The van der Waals surface area contributed by atoms with Crippen molar-refractivity contribution < 1.29 is 0 Å². The monoisotopic (exact) mass is 311 g/mol. The predicted molar refractivity (Wildman–Crippen MR) is 90.5 cm³/mol. The molecule has 0 amide bonds. The summed E-state index contributed by atoms with van der Waals surface area (Å²) in [5, 5.41) is 0. The Kier molecular flexibility index (Phi) is 4.39. The van der Waals surface area contributed by atoms with Crippen LogP contribution in [0.3, 0.4) is 0 Å². The third-order valence-corrected chi connectivity index (χ3v) is 5.12. The van der Waals surface area contributed by atoms with Gasteiger partial charge in [0.05, 0.1) is 0 Å². The van der Waals surface area contributed by atoms with Crippen LogP contribution in [-0.2, 0) is 6.54 Å². The van der Waals surface area contributed by atoms with Gasteiger partial charge in [-0.05, 0) is 63.5 Å². The van der Waals surface area contributed by atoms with E-state index < -0.39 is 0 Å². The van der Waals surface area contributed by atoms with Crippen LogP contribution in [0.2, 0.25) is 0 Å². The smallest absolute Gasteiger partial charge is 0.233 e. The molecule has 4 heterocycles. The first-order valence-electron chi connectivity index (χ1n) is 8.80. The minimum atomic E-state index is 0.752. The fourth-order valence-electron chi connectivity index (χ4n) is 3.96. The maximum atomic E-state index is 4.38. The second kappa shape index (κ2) is 6.81. The molecule has 2 aromatic rings. The fourth-order valence-corrected chi connectivity index (χ4v) is 3.96. The molecule has 0 bridgehead atoms. The van der Waals surface area contributed by atoms with E-state index in [0.717, 1.165) is 18.5 Å². The van der Waals surface area contributed by atoms with Crippen molar-refractivity contribution >= 4 is 0 Å². The second-order valence-corrected chi connectivity index (χ2v) is 6.69. The van der Waals surface area contributed by atoms with E-state index in [1.807, 2.05) is 6.07 Å². The van der Waals surface area contributed by atoms with Crippen LogP contribution in [0.5, 0.6) is 0 Å². The molecule has 0 saturated carbocycles. The summed E-state index contributed by atoms with van der Waals surface area (Å²) in [6.07, 6.45) is 11.1. The molecule has 23 heavy (non-hydrogen) atoms. The zero-order chi connectivity index (χ0) is 15.5. The largest absolute Gasteiger partial charge is 0.299 e. The molecule has 122 valence electrons. The SMILES string of the molecule is c1cnc(-n2cccc2CN2CCCC(N3CCCC3)C2)nc1. The van der Waals surface area contributed by atoms with E-state index >= 15 is 0 Å². The van der Waals surface area contributed by atoms with Gasteiger partial charge in [-0.2, -0.15) is 0 Å². The molecule has 0 radical (unpaired) electrons. The number of nitrogens with zero attached hydrogens (tertiary/aromatic N) is 5. The summed E-state index contributed by atoms with van der Waals surface area (Å²) >= 11 is 0. The third kappa shape index (κ3) is 3.31. The van der Waals surface area contributed by atoms with Gasteiger partial charge in [0.1, 0.15) is 0 Å². The van der Waals surface area contributed by atoms with Gasteiger partial charge in [0, 0.05) is 43.4 Å². The van der Waals surface area contributed by atoms with Crippen molar-refractivity contribution in [1.82, 2.24) is 24.3 Å². The van der Waals surface area contributed by atoms with Gasteiger partial charge in [-0.1, -0.05) is 0 Å². The standard InChI is InChI=1S/C18H25N5/c1-2-12-22(11-1)16-6-3-10-21(14-16)15-17-7-4-13-23(17)18-19-8-5-9-20-18/h4-5,7-9,13,16H,1-3,6,10-12,14-15H2. The quantitative estimate of drug-likeness (QED) is 0.868. The highest BCUT2D eigenvalue weighted by molar-refractivity contribution is 5.20. The molecule has 1 atom stereocenters. The lowest BCUT2D eigenvalue weighted by atomic mass is 10.0. The van der Waals surface area contributed by atoms with Crippen LogP contribution >= 0.6 is 0 Å². The van der Waals surface area contributed by atoms with Crippen molar-refractivity contribution in [1.29, 1.82) is 0 Å². The van der Waals surface area contributed by atoms with E-state index in [1.165, 1.54) is 57.6 Å². The lowest BCUT2D eigenvalue weighted by molar-refractivity contribution is 0.109.